The minimum Gasteiger partial charge on any atom is -0.497 e. The molecule has 1 aliphatic rings. The third-order valence-electron chi connectivity index (χ3n) is 3.77. The van der Waals surface area contributed by atoms with Gasteiger partial charge in [0.15, 0.2) is 0 Å². The van der Waals surface area contributed by atoms with E-state index in [1.54, 1.807) is 13.2 Å². The van der Waals surface area contributed by atoms with E-state index >= 15 is 0 Å². The van der Waals surface area contributed by atoms with Crippen molar-refractivity contribution in [2.45, 2.75) is 26.4 Å². The summed E-state index contributed by atoms with van der Waals surface area (Å²) in [5.74, 6) is 1.58. The van der Waals surface area contributed by atoms with Gasteiger partial charge in [-0.05, 0) is 24.5 Å². The van der Waals surface area contributed by atoms with E-state index < -0.39 is 0 Å². The van der Waals surface area contributed by atoms with E-state index in [0.29, 0.717) is 18.4 Å². The topological polar surface area (TPSA) is 59.6 Å². The molecule has 1 aliphatic heterocycles. The maximum absolute atomic E-state index is 11.9. The number of nitrogens with one attached hydrogen (secondary N) is 2. The highest BCUT2D eigenvalue weighted by molar-refractivity contribution is 5.89. The highest BCUT2D eigenvalue weighted by Crippen LogP contribution is 2.26. The van der Waals surface area contributed by atoms with Crippen molar-refractivity contribution in [3.8, 4) is 5.75 Å². The fraction of sp³-hybridized carbons (Fsp3) is 0.562. The van der Waals surface area contributed by atoms with Crippen molar-refractivity contribution in [2.24, 2.45) is 11.8 Å². The smallest absolute Gasteiger partial charge is 0.319 e. The Morgan fingerprint density at radius 3 is 3.00 bits per heavy atom. The SMILES string of the molecule is COc1cccc(NC(=O)NC[C@H]2CCO[C@@H]2C(C)C)c1. The second-order valence-electron chi connectivity index (χ2n) is 5.70. The summed E-state index contributed by atoms with van der Waals surface area (Å²) in [6.45, 7) is 5.73. The number of methoxy groups -OCH3 is 1. The molecule has 2 rings (SSSR count). The Morgan fingerprint density at radius 2 is 2.29 bits per heavy atom. The van der Waals surface area contributed by atoms with Crippen LogP contribution in [-0.2, 0) is 4.74 Å². The molecule has 21 heavy (non-hydrogen) atoms. The summed E-state index contributed by atoms with van der Waals surface area (Å²) in [6.07, 6.45) is 1.24. The summed E-state index contributed by atoms with van der Waals surface area (Å²) in [6, 6.07) is 7.10. The lowest BCUT2D eigenvalue weighted by atomic mass is 9.93. The van der Waals surface area contributed by atoms with Crippen molar-refractivity contribution in [1.82, 2.24) is 5.32 Å². The largest absolute Gasteiger partial charge is 0.497 e. The Bertz CT molecular complexity index is 476. The summed E-state index contributed by atoms with van der Waals surface area (Å²) >= 11 is 0. The van der Waals surface area contributed by atoms with Gasteiger partial charge in [-0.1, -0.05) is 19.9 Å². The van der Waals surface area contributed by atoms with Gasteiger partial charge in [0.25, 0.3) is 0 Å². The minimum atomic E-state index is -0.197. The molecule has 1 heterocycles. The van der Waals surface area contributed by atoms with Crippen LogP contribution in [0.4, 0.5) is 10.5 Å². The van der Waals surface area contributed by atoms with Crippen molar-refractivity contribution in [3.63, 3.8) is 0 Å². The van der Waals surface area contributed by atoms with Gasteiger partial charge < -0.3 is 20.1 Å². The molecule has 5 heteroatoms. The van der Waals surface area contributed by atoms with Gasteiger partial charge in [-0.25, -0.2) is 4.79 Å². The fourth-order valence-corrected chi connectivity index (χ4v) is 2.71. The second kappa shape index (κ2) is 7.31. The van der Waals surface area contributed by atoms with Gasteiger partial charge in [0.05, 0.1) is 13.2 Å². The molecule has 1 fully saturated rings. The van der Waals surface area contributed by atoms with Crippen LogP contribution in [0.3, 0.4) is 0 Å². The molecule has 0 spiro atoms. The van der Waals surface area contributed by atoms with Crippen LogP contribution in [0.25, 0.3) is 0 Å². The summed E-state index contributed by atoms with van der Waals surface area (Å²) in [7, 11) is 1.60. The van der Waals surface area contributed by atoms with Crippen LogP contribution in [0, 0.1) is 11.8 Å². The molecule has 0 aliphatic carbocycles. The lowest BCUT2D eigenvalue weighted by Crippen LogP contribution is -2.37. The van der Waals surface area contributed by atoms with E-state index in [1.165, 1.54) is 0 Å². The fourth-order valence-electron chi connectivity index (χ4n) is 2.71. The zero-order chi connectivity index (χ0) is 15.2. The molecular formula is C16H24N2O3. The summed E-state index contributed by atoms with van der Waals surface area (Å²) in [5.41, 5.74) is 0.718. The van der Waals surface area contributed by atoms with Crippen LogP contribution in [0.5, 0.6) is 5.75 Å². The van der Waals surface area contributed by atoms with E-state index in [0.717, 1.165) is 24.5 Å². The van der Waals surface area contributed by atoms with Crippen LogP contribution >= 0.6 is 0 Å². The minimum absolute atomic E-state index is 0.197. The van der Waals surface area contributed by atoms with Crippen molar-refractivity contribution in [2.75, 3.05) is 25.6 Å². The Labute approximate surface area is 126 Å². The Morgan fingerprint density at radius 1 is 1.48 bits per heavy atom. The Hall–Kier alpha value is -1.75. The standard InChI is InChI=1S/C16H24N2O3/c1-11(2)15-12(7-8-21-15)10-17-16(19)18-13-5-4-6-14(9-13)20-3/h4-6,9,11-12,15H,7-8,10H2,1-3H3,(H2,17,18,19)/t12-,15-/m1/s1. The van der Waals surface area contributed by atoms with Crippen molar-refractivity contribution < 1.29 is 14.3 Å². The van der Waals surface area contributed by atoms with Gasteiger partial charge in [0.2, 0.25) is 0 Å². The molecule has 2 N–H and O–H groups in total. The highest BCUT2D eigenvalue weighted by Gasteiger charge is 2.30. The van der Waals surface area contributed by atoms with Gasteiger partial charge >= 0.3 is 6.03 Å². The lowest BCUT2D eigenvalue weighted by molar-refractivity contribution is 0.0546. The van der Waals surface area contributed by atoms with Crippen LogP contribution in [0.2, 0.25) is 0 Å². The molecule has 2 amide bonds. The van der Waals surface area contributed by atoms with Crippen molar-refractivity contribution >= 4 is 11.7 Å². The van der Waals surface area contributed by atoms with E-state index in [4.69, 9.17) is 9.47 Å². The number of anilines is 1. The second-order valence-corrected chi connectivity index (χ2v) is 5.70. The van der Waals surface area contributed by atoms with Crippen molar-refractivity contribution in [1.29, 1.82) is 0 Å². The number of carbonyl (C=O) groups is 1. The van der Waals surface area contributed by atoms with E-state index in [2.05, 4.69) is 24.5 Å². The summed E-state index contributed by atoms with van der Waals surface area (Å²) < 4.78 is 10.8. The first-order valence-electron chi connectivity index (χ1n) is 7.40. The summed E-state index contributed by atoms with van der Waals surface area (Å²) in [4.78, 5) is 11.9. The maximum Gasteiger partial charge on any atom is 0.319 e. The van der Waals surface area contributed by atoms with E-state index in [-0.39, 0.29) is 12.1 Å². The average molecular weight is 292 g/mol. The molecule has 5 nitrogen and oxygen atoms in total. The molecule has 0 bridgehead atoms. The number of carbonyl (C=O) groups excluding carboxylic acids is 1. The van der Waals surface area contributed by atoms with Gasteiger partial charge in [0, 0.05) is 30.8 Å². The van der Waals surface area contributed by atoms with Gasteiger partial charge in [0.1, 0.15) is 5.75 Å². The molecule has 1 aromatic carbocycles. The van der Waals surface area contributed by atoms with E-state index in [9.17, 15) is 4.79 Å². The number of urea groups is 1. The molecule has 0 radical (unpaired) electrons. The molecule has 2 atom stereocenters. The first-order valence-corrected chi connectivity index (χ1v) is 7.40. The third-order valence-corrected chi connectivity index (χ3v) is 3.77. The van der Waals surface area contributed by atoms with Crippen molar-refractivity contribution in [3.05, 3.63) is 24.3 Å². The predicted molar refractivity (Wildman–Crippen MR) is 82.7 cm³/mol. The lowest BCUT2D eigenvalue weighted by Gasteiger charge is -2.22. The van der Waals surface area contributed by atoms with Crippen LogP contribution in [-0.4, -0.2) is 32.4 Å². The molecule has 1 saturated heterocycles. The number of hydrogen-bond donors (Lipinski definition) is 2. The summed E-state index contributed by atoms with van der Waals surface area (Å²) in [5, 5.41) is 5.74. The molecule has 1 aromatic rings. The Kier molecular flexibility index (Phi) is 5.44. The van der Waals surface area contributed by atoms with Crippen LogP contribution in [0.15, 0.2) is 24.3 Å². The van der Waals surface area contributed by atoms with Crippen LogP contribution < -0.4 is 15.4 Å². The van der Waals surface area contributed by atoms with Gasteiger partial charge in [-0.3, -0.25) is 0 Å². The van der Waals surface area contributed by atoms with Gasteiger partial charge in [-0.15, -0.1) is 0 Å². The molecule has 0 unspecified atom stereocenters. The quantitative estimate of drug-likeness (QED) is 0.877. The molecule has 0 aromatic heterocycles. The third kappa shape index (κ3) is 4.36. The molecule has 116 valence electrons. The number of hydrogen-bond acceptors (Lipinski definition) is 3. The molecule has 0 saturated carbocycles. The number of ether oxygens (including phenoxy) is 2. The first-order chi connectivity index (χ1) is 10.1. The van der Waals surface area contributed by atoms with Crippen LogP contribution in [0.1, 0.15) is 20.3 Å². The maximum atomic E-state index is 11.9. The number of benzene rings is 1. The number of rotatable bonds is 5. The number of amides is 2. The average Bonchev–Trinajstić information content (AvgIpc) is 2.94. The highest BCUT2D eigenvalue weighted by atomic mass is 16.5. The molecular weight excluding hydrogens is 268 g/mol. The first kappa shape index (κ1) is 15.6. The predicted octanol–water partition coefficient (Wildman–Crippen LogP) is 2.88. The normalized spacial score (nSPS) is 21.3. The monoisotopic (exact) mass is 292 g/mol. The van der Waals surface area contributed by atoms with E-state index in [1.807, 2.05) is 18.2 Å². The van der Waals surface area contributed by atoms with Gasteiger partial charge in [-0.2, -0.15) is 0 Å². The Balaban J connectivity index is 1.82. The zero-order valence-electron chi connectivity index (χ0n) is 12.9. The zero-order valence-corrected chi connectivity index (χ0v) is 12.9.